The van der Waals surface area contributed by atoms with Crippen LogP contribution < -0.4 is 24.0 Å². The van der Waals surface area contributed by atoms with E-state index in [9.17, 15) is 9.90 Å². The number of hydrogen-bond acceptors (Lipinski definition) is 4. The number of aromatic amines is 1. The zero-order chi connectivity index (χ0) is 10.7. The van der Waals surface area contributed by atoms with Crippen LogP contribution in [0, 0.1) is 0 Å². The van der Waals surface area contributed by atoms with E-state index in [-0.39, 0.29) is 24.7 Å². The van der Waals surface area contributed by atoms with Crippen LogP contribution in [0.25, 0.3) is 0 Å². The van der Waals surface area contributed by atoms with Crippen molar-refractivity contribution in [1.82, 2.24) is 15.2 Å². The van der Waals surface area contributed by atoms with Crippen LogP contribution in [0.2, 0.25) is 0 Å². The third-order valence-corrected chi connectivity index (χ3v) is 1.93. The first kappa shape index (κ1) is 12.5. The molecule has 1 heterocycles. The zero-order valence-electron chi connectivity index (χ0n) is 8.80. The zero-order valence-corrected chi connectivity index (χ0v) is 8.80. The Morgan fingerprint density at radius 3 is 2.56 bits per heavy atom. The first-order valence-electron chi connectivity index (χ1n) is 4.42. The van der Waals surface area contributed by atoms with Crippen molar-refractivity contribution in [3.8, 4) is 0 Å². The molecule has 0 fully saturated rings. The summed E-state index contributed by atoms with van der Waals surface area (Å²) in [6.45, 7) is 0. The Bertz CT molecular complexity index is 470. The van der Waals surface area contributed by atoms with E-state index in [1.165, 1.54) is 0 Å². The number of H-pyrrole nitrogens is 1. The summed E-state index contributed by atoms with van der Waals surface area (Å²) in [7, 11) is 0. The molecule has 6 heteroatoms. The fraction of sp³-hybridized carbons (Fsp3) is 0.100. The van der Waals surface area contributed by atoms with Gasteiger partial charge in [0.1, 0.15) is 11.8 Å². The Kier molecular flexibility index (Phi) is 4.29. The molecule has 0 spiro atoms. The second-order valence-corrected chi connectivity index (χ2v) is 3.06. The Labute approximate surface area is 104 Å². The number of hydrogen-bond donors (Lipinski definition) is 1. The monoisotopic (exact) mass is 209 g/mol. The Morgan fingerprint density at radius 1 is 1.31 bits per heavy atom. The van der Waals surface area contributed by atoms with Gasteiger partial charge in [-0.25, -0.2) is 4.98 Å². The van der Waals surface area contributed by atoms with E-state index < -0.39 is 5.97 Å². The van der Waals surface area contributed by atoms with Gasteiger partial charge in [-0.05, 0) is 5.56 Å². The minimum atomic E-state index is -1.37. The molecule has 0 atom stereocenters. The van der Waals surface area contributed by atoms with Crippen molar-refractivity contribution >= 4 is 5.97 Å². The molecule has 0 aliphatic carbocycles. The van der Waals surface area contributed by atoms with Crippen molar-refractivity contribution in [2.24, 2.45) is 0 Å². The maximum absolute atomic E-state index is 10.4. The molecular weight excluding hydrogens is 201 g/mol. The molecule has 1 aromatic heterocycles. The molecule has 0 saturated heterocycles. The van der Waals surface area contributed by atoms with E-state index in [0.29, 0.717) is 12.2 Å². The molecule has 0 aliphatic rings. The number of carbonyl (C=O) groups is 1. The maximum atomic E-state index is 10.4. The molecule has 2 rings (SSSR count). The normalized spacial score (nSPS) is 9.50. The summed E-state index contributed by atoms with van der Waals surface area (Å²) in [5.74, 6) is -1.16. The second-order valence-electron chi connectivity index (χ2n) is 3.06. The molecule has 0 radical (unpaired) electrons. The average molecular weight is 209 g/mol. The number of nitrogens with one attached hydrogen (secondary N) is 1. The van der Waals surface area contributed by atoms with E-state index in [2.05, 4.69) is 15.2 Å². The summed E-state index contributed by atoms with van der Waals surface area (Å²) in [4.78, 5) is 14.2. The van der Waals surface area contributed by atoms with Crippen molar-refractivity contribution in [2.75, 3.05) is 0 Å². The summed E-state index contributed by atoms with van der Waals surface area (Å²) >= 11 is 0. The molecule has 1 aromatic carbocycles. The maximum Gasteiger partial charge on any atom is 1.00 e. The minimum absolute atomic E-state index is 0. The molecule has 0 bridgehead atoms. The van der Waals surface area contributed by atoms with Gasteiger partial charge in [0.05, 0.1) is 0 Å². The fourth-order valence-corrected chi connectivity index (χ4v) is 1.25. The molecule has 5 nitrogen and oxygen atoms in total. The topological polar surface area (TPSA) is 81.7 Å². The van der Waals surface area contributed by atoms with Crippen LogP contribution in [-0.4, -0.2) is 21.2 Å². The van der Waals surface area contributed by atoms with Gasteiger partial charge in [-0.3, -0.25) is 5.10 Å². The quantitative estimate of drug-likeness (QED) is 0.539. The van der Waals surface area contributed by atoms with Crippen LogP contribution in [0.5, 0.6) is 0 Å². The van der Waals surface area contributed by atoms with Crippen LogP contribution in [0.3, 0.4) is 0 Å². The van der Waals surface area contributed by atoms with Gasteiger partial charge in [0.25, 0.3) is 0 Å². The molecule has 16 heavy (non-hydrogen) atoms. The summed E-state index contributed by atoms with van der Waals surface area (Å²) in [6.07, 6.45) is 0.529. The minimum Gasteiger partial charge on any atom is -0.541 e. The third kappa shape index (κ3) is 2.96. The van der Waals surface area contributed by atoms with Crippen LogP contribution in [0.15, 0.2) is 30.3 Å². The Morgan fingerprint density at radius 2 is 2.00 bits per heavy atom. The van der Waals surface area contributed by atoms with Gasteiger partial charge < -0.3 is 9.90 Å². The van der Waals surface area contributed by atoms with Gasteiger partial charge in [-0.2, -0.15) is 5.10 Å². The van der Waals surface area contributed by atoms with Crippen molar-refractivity contribution in [1.29, 1.82) is 0 Å². The van der Waals surface area contributed by atoms with Crippen molar-refractivity contribution in [3.05, 3.63) is 47.5 Å². The summed E-state index contributed by atoms with van der Waals surface area (Å²) in [5, 5.41) is 16.5. The van der Waals surface area contributed by atoms with Crippen LogP contribution in [0.4, 0.5) is 0 Å². The molecule has 1 N–H and O–H groups in total. The van der Waals surface area contributed by atoms with E-state index in [1.54, 1.807) is 0 Å². The number of carboxylic acids is 1. The van der Waals surface area contributed by atoms with Crippen LogP contribution in [0.1, 0.15) is 22.0 Å². The fourth-order valence-electron chi connectivity index (χ4n) is 1.25. The van der Waals surface area contributed by atoms with Gasteiger partial charge in [-0.1, -0.05) is 30.3 Å². The molecule has 0 saturated carbocycles. The average Bonchev–Trinajstić information content (AvgIpc) is 2.68. The predicted octanol–water partition coefficient (Wildman–Crippen LogP) is -3.24. The Balaban J connectivity index is 0.00000128. The molecule has 0 unspecified atom stereocenters. The molecular formula is C10H8LiN3O2. The van der Waals surface area contributed by atoms with Crippen LogP contribution >= 0.6 is 0 Å². The molecule has 0 aliphatic heterocycles. The predicted molar refractivity (Wildman–Crippen MR) is 50.0 cm³/mol. The standard InChI is InChI=1S/C10H9N3O2.Li/c14-10(15)9-11-8(12-13-9)6-7-4-2-1-3-5-7;/h1-5H,6H2,(H,14,15)(H,11,12,13);/q;+1/p-1. The first-order chi connectivity index (χ1) is 7.25. The van der Waals surface area contributed by atoms with Gasteiger partial charge in [0.2, 0.25) is 0 Å². The van der Waals surface area contributed by atoms with Gasteiger partial charge in [0.15, 0.2) is 5.82 Å². The second kappa shape index (κ2) is 5.49. The summed E-state index contributed by atoms with van der Waals surface area (Å²) in [5.41, 5.74) is 1.04. The summed E-state index contributed by atoms with van der Waals surface area (Å²) < 4.78 is 0. The third-order valence-electron chi connectivity index (χ3n) is 1.93. The van der Waals surface area contributed by atoms with E-state index in [1.807, 2.05) is 30.3 Å². The summed E-state index contributed by atoms with van der Waals surface area (Å²) in [6, 6.07) is 9.59. The number of aromatic carboxylic acids is 1. The van der Waals surface area contributed by atoms with E-state index in [4.69, 9.17) is 0 Å². The van der Waals surface area contributed by atoms with Gasteiger partial charge in [-0.15, -0.1) is 0 Å². The number of aromatic nitrogens is 3. The first-order valence-corrected chi connectivity index (χ1v) is 4.42. The number of carbonyl (C=O) groups excluding carboxylic acids is 1. The molecule has 0 amide bonds. The number of benzene rings is 1. The molecule has 76 valence electrons. The Hall–Kier alpha value is -1.57. The van der Waals surface area contributed by atoms with Crippen LogP contribution in [-0.2, 0) is 6.42 Å². The molecule has 2 aromatic rings. The van der Waals surface area contributed by atoms with E-state index in [0.717, 1.165) is 5.56 Å². The van der Waals surface area contributed by atoms with Crippen molar-refractivity contribution < 1.29 is 28.8 Å². The number of carboxylic acid groups (broad SMARTS) is 1. The number of nitrogens with zero attached hydrogens (tertiary/aromatic N) is 2. The number of rotatable bonds is 3. The SMILES string of the molecule is O=C([O-])c1n[nH]c(Cc2ccccc2)n1.[Li+]. The van der Waals surface area contributed by atoms with Gasteiger partial charge >= 0.3 is 18.9 Å². The van der Waals surface area contributed by atoms with E-state index >= 15 is 0 Å². The van der Waals surface area contributed by atoms with Gasteiger partial charge in [0, 0.05) is 6.42 Å². The largest absolute Gasteiger partial charge is 1.00 e. The van der Waals surface area contributed by atoms with Crippen molar-refractivity contribution in [2.45, 2.75) is 6.42 Å². The van der Waals surface area contributed by atoms with Crippen molar-refractivity contribution in [3.63, 3.8) is 0 Å². The smallest absolute Gasteiger partial charge is 0.541 e.